The van der Waals surface area contributed by atoms with Gasteiger partial charge in [-0.2, -0.15) is 4.31 Å². The van der Waals surface area contributed by atoms with Gasteiger partial charge in [-0.05, 0) is 31.9 Å². The van der Waals surface area contributed by atoms with E-state index in [1.54, 1.807) is 6.92 Å². The zero-order chi connectivity index (χ0) is 18.9. The van der Waals surface area contributed by atoms with Gasteiger partial charge >= 0.3 is 5.97 Å². The number of methoxy groups -OCH3 is 1. The fourth-order valence-corrected chi connectivity index (χ4v) is 4.50. The number of hydrogen-bond donors (Lipinski definition) is 0. The molecule has 0 unspecified atom stereocenters. The van der Waals surface area contributed by atoms with E-state index in [1.807, 2.05) is 0 Å². The molecule has 3 rings (SSSR count). The van der Waals surface area contributed by atoms with Crippen LogP contribution in [-0.2, 0) is 21.3 Å². The van der Waals surface area contributed by atoms with Crippen LogP contribution in [0.3, 0.4) is 0 Å². The molecule has 0 spiro atoms. The van der Waals surface area contributed by atoms with Crippen molar-refractivity contribution < 1.29 is 22.4 Å². The molecule has 140 valence electrons. The quantitative estimate of drug-likeness (QED) is 0.727. The molecule has 1 aliphatic rings. The van der Waals surface area contributed by atoms with Crippen LogP contribution in [-0.4, -0.2) is 43.5 Å². The Morgan fingerprint density at radius 1 is 1.27 bits per heavy atom. The first-order valence-electron chi connectivity index (χ1n) is 8.21. The summed E-state index contributed by atoms with van der Waals surface area (Å²) in [4.78, 5) is 23.9. The normalized spacial score (nSPS) is 15.3. The predicted molar refractivity (Wildman–Crippen MR) is 92.6 cm³/mol. The van der Waals surface area contributed by atoms with E-state index in [2.05, 4.69) is 4.74 Å². The third kappa shape index (κ3) is 3.45. The highest BCUT2D eigenvalue weighted by Gasteiger charge is 2.27. The van der Waals surface area contributed by atoms with Crippen LogP contribution in [0.5, 0.6) is 0 Å². The molecule has 0 N–H and O–H groups in total. The molecule has 9 heteroatoms. The largest absolute Gasteiger partial charge is 0.465 e. The van der Waals surface area contributed by atoms with Gasteiger partial charge in [0.25, 0.3) is 5.56 Å². The standard InChI is InChI=1S/C17H20N2O6S/c1-12-15(17(21)24-2)9-13(25-12)10-18-11-14(5-6-16(18)20)26(22,23)19-7-3-4-8-19/h5-6,9,11H,3-4,7-8,10H2,1-2H3. The maximum absolute atomic E-state index is 12.7. The van der Waals surface area contributed by atoms with Crippen molar-refractivity contribution in [2.75, 3.05) is 20.2 Å². The van der Waals surface area contributed by atoms with E-state index in [-0.39, 0.29) is 22.6 Å². The molecule has 0 aromatic carbocycles. The molecule has 0 radical (unpaired) electrons. The Kier molecular flexibility index (Phi) is 5.01. The molecule has 1 aliphatic heterocycles. The number of sulfonamides is 1. The molecule has 1 fully saturated rings. The van der Waals surface area contributed by atoms with Crippen molar-refractivity contribution in [2.24, 2.45) is 0 Å². The third-order valence-corrected chi connectivity index (χ3v) is 6.24. The van der Waals surface area contributed by atoms with Gasteiger partial charge in [-0.25, -0.2) is 13.2 Å². The van der Waals surface area contributed by atoms with E-state index in [0.717, 1.165) is 12.8 Å². The van der Waals surface area contributed by atoms with Crippen LogP contribution >= 0.6 is 0 Å². The highest BCUT2D eigenvalue weighted by molar-refractivity contribution is 7.89. The Morgan fingerprint density at radius 3 is 2.62 bits per heavy atom. The van der Waals surface area contributed by atoms with Crippen LogP contribution in [0.4, 0.5) is 0 Å². The molecule has 0 aliphatic carbocycles. The molecule has 0 saturated carbocycles. The summed E-state index contributed by atoms with van der Waals surface area (Å²) in [5.74, 6) is 0.205. The first kappa shape index (κ1) is 18.4. The lowest BCUT2D eigenvalue weighted by molar-refractivity contribution is 0.0599. The van der Waals surface area contributed by atoms with Crippen molar-refractivity contribution in [3.05, 3.63) is 51.8 Å². The number of carbonyl (C=O) groups is 1. The minimum Gasteiger partial charge on any atom is -0.465 e. The van der Waals surface area contributed by atoms with Crippen LogP contribution in [0, 0.1) is 6.92 Å². The molecule has 3 heterocycles. The van der Waals surface area contributed by atoms with Crippen LogP contribution in [0.25, 0.3) is 0 Å². The smallest absolute Gasteiger partial charge is 0.341 e. The van der Waals surface area contributed by atoms with Crippen LogP contribution in [0.15, 0.2) is 38.5 Å². The third-order valence-electron chi connectivity index (χ3n) is 4.36. The number of hydrogen-bond acceptors (Lipinski definition) is 6. The number of rotatable bonds is 5. The van der Waals surface area contributed by atoms with Crippen LogP contribution in [0.1, 0.15) is 34.7 Å². The molecular weight excluding hydrogens is 360 g/mol. The lowest BCUT2D eigenvalue weighted by atomic mass is 10.2. The number of aryl methyl sites for hydroxylation is 1. The fraction of sp³-hybridized carbons (Fsp3) is 0.412. The Bertz CT molecular complexity index is 983. The second kappa shape index (κ2) is 7.08. The summed E-state index contributed by atoms with van der Waals surface area (Å²) in [6, 6.07) is 4.04. The molecule has 0 amide bonds. The number of pyridine rings is 1. The SMILES string of the molecule is COC(=O)c1cc(Cn2cc(S(=O)(=O)N3CCCC3)ccc2=O)oc1C. The van der Waals surface area contributed by atoms with E-state index in [1.165, 1.54) is 40.4 Å². The molecule has 2 aromatic heterocycles. The molecule has 0 atom stereocenters. The summed E-state index contributed by atoms with van der Waals surface area (Å²) in [6.07, 6.45) is 2.98. The predicted octanol–water partition coefficient (Wildman–Crippen LogP) is 1.37. The van der Waals surface area contributed by atoms with Gasteiger partial charge < -0.3 is 13.7 Å². The van der Waals surface area contributed by atoms with Crippen molar-refractivity contribution in [2.45, 2.75) is 31.2 Å². The lowest BCUT2D eigenvalue weighted by Crippen LogP contribution is -2.29. The Balaban J connectivity index is 1.92. The summed E-state index contributed by atoms with van der Waals surface area (Å²) in [6.45, 7) is 2.61. The molecule has 0 bridgehead atoms. The van der Waals surface area contributed by atoms with Crippen molar-refractivity contribution in [3.8, 4) is 0 Å². The maximum Gasteiger partial charge on any atom is 0.341 e. The van der Waals surface area contributed by atoms with Crippen molar-refractivity contribution >= 4 is 16.0 Å². The lowest BCUT2D eigenvalue weighted by Gasteiger charge is -2.16. The van der Waals surface area contributed by atoms with Crippen molar-refractivity contribution in [1.29, 1.82) is 0 Å². The average molecular weight is 380 g/mol. The maximum atomic E-state index is 12.7. The fourth-order valence-electron chi connectivity index (χ4n) is 2.97. The van der Waals surface area contributed by atoms with E-state index >= 15 is 0 Å². The van der Waals surface area contributed by atoms with E-state index in [0.29, 0.717) is 24.6 Å². The number of furan rings is 1. The Hall–Kier alpha value is -2.39. The highest BCUT2D eigenvalue weighted by atomic mass is 32.2. The van der Waals surface area contributed by atoms with E-state index in [4.69, 9.17) is 4.42 Å². The summed E-state index contributed by atoms with van der Waals surface area (Å²) >= 11 is 0. The van der Waals surface area contributed by atoms with Crippen molar-refractivity contribution in [3.63, 3.8) is 0 Å². The summed E-state index contributed by atoms with van der Waals surface area (Å²) in [5.41, 5.74) is -0.0876. The Morgan fingerprint density at radius 2 is 1.96 bits per heavy atom. The number of carbonyl (C=O) groups excluding carboxylic acids is 1. The zero-order valence-electron chi connectivity index (χ0n) is 14.6. The first-order chi connectivity index (χ1) is 12.3. The summed E-state index contributed by atoms with van der Waals surface area (Å²) in [5, 5.41) is 0. The number of nitrogens with zero attached hydrogens (tertiary/aromatic N) is 2. The first-order valence-corrected chi connectivity index (χ1v) is 9.65. The minimum absolute atomic E-state index is 0.0139. The van der Waals surface area contributed by atoms with Gasteiger partial charge in [0.15, 0.2) is 0 Å². The zero-order valence-corrected chi connectivity index (χ0v) is 15.4. The average Bonchev–Trinajstić information content (AvgIpc) is 3.26. The van der Waals surface area contributed by atoms with Gasteiger partial charge in [0, 0.05) is 25.4 Å². The van der Waals surface area contributed by atoms with Gasteiger partial charge in [0.2, 0.25) is 10.0 Å². The van der Waals surface area contributed by atoms with Crippen LogP contribution < -0.4 is 5.56 Å². The molecule has 2 aromatic rings. The molecule has 26 heavy (non-hydrogen) atoms. The molecule has 1 saturated heterocycles. The van der Waals surface area contributed by atoms with Gasteiger partial charge in [-0.1, -0.05) is 0 Å². The van der Waals surface area contributed by atoms with E-state index < -0.39 is 16.0 Å². The van der Waals surface area contributed by atoms with Gasteiger partial charge in [-0.3, -0.25) is 4.79 Å². The minimum atomic E-state index is -3.62. The van der Waals surface area contributed by atoms with Crippen molar-refractivity contribution in [1.82, 2.24) is 8.87 Å². The monoisotopic (exact) mass is 380 g/mol. The topological polar surface area (TPSA) is 98.8 Å². The van der Waals surface area contributed by atoms with Gasteiger partial charge in [0.05, 0.1) is 18.6 Å². The highest BCUT2D eigenvalue weighted by Crippen LogP contribution is 2.21. The summed E-state index contributed by atoms with van der Waals surface area (Å²) < 4.78 is 38.2. The molecular formula is C17H20N2O6S. The van der Waals surface area contributed by atoms with E-state index in [9.17, 15) is 18.0 Å². The number of ether oxygens (including phenoxy) is 1. The van der Waals surface area contributed by atoms with Gasteiger partial charge in [0.1, 0.15) is 17.1 Å². The van der Waals surface area contributed by atoms with Gasteiger partial charge in [-0.15, -0.1) is 0 Å². The number of esters is 1. The molecule has 8 nitrogen and oxygen atoms in total. The second-order valence-corrected chi connectivity index (χ2v) is 8.05. The number of aromatic nitrogens is 1. The van der Waals surface area contributed by atoms with Crippen LogP contribution in [0.2, 0.25) is 0 Å². The summed E-state index contributed by atoms with van der Waals surface area (Å²) in [7, 11) is -2.35. The second-order valence-electron chi connectivity index (χ2n) is 6.12. The Labute approximate surface area is 151 Å².